The van der Waals surface area contributed by atoms with Crippen LogP contribution in [-0.4, -0.2) is 34.7 Å². The molecule has 9 heteroatoms. The molecule has 6 nitrogen and oxygen atoms in total. The third-order valence-corrected chi connectivity index (χ3v) is 6.85. The normalized spacial score (nSPS) is 15.6. The summed E-state index contributed by atoms with van der Waals surface area (Å²) in [6.45, 7) is 6.54. The Balaban J connectivity index is 0.000000638. The van der Waals surface area contributed by atoms with Crippen LogP contribution in [0.15, 0.2) is 36.4 Å². The number of fused-ring (bicyclic) bond motifs is 1. The molecule has 0 unspecified atom stereocenters. The van der Waals surface area contributed by atoms with Crippen LogP contribution < -0.4 is 10.6 Å². The highest BCUT2D eigenvalue weighted by atomic mass is 19.4. The number of halogens is 3. The molecule has 1 saturated carbocycles. The van der Waals surface area contributed by atoms with E-state index in [1.54, 1.807) is 0 Å². The van der Waals surface area contributed by atoms with E-state index in [9.17, 15) is 23.2 Å². The van der Waals surface area contributed by atoms with Crippen molar-refractivity contribution in [2.24, 2.45) is 5.92 Å². The fourth-order valence-electron chi connectivity index (χ4n) is 4.94. The Kier molecular flexibility index (Phi) is 11.4. The standard InChI is InChI=1S/C27H37N3O.C2HF3O2/c1-4-5-15-27(16-9-6-10-17-27)30-26(31)25(18-20(2)3)29-24-14-13-21(19-28)22-11-7-8-12-23(22)24;3-2(4,5)1(6)7/h7-8,11-14,20,25,29H,4-6,9-10,15-18H2,1-3H3,(H,30,31);(H,6,7)/t25-;/m0./s1. The van der Waals surface area contributed by atoms with E-state index in [-0.39, 0.29) is 17.5 Å². The van der Waals surface area contributed by atoms with Gasteiger partial charge in [0, 0.05) is 22.0 Å². The molecular formula is C29H38F3N3O3. The second kappa shape index (κ2) is 14.0. The molecule has 208 valence electrons. The molecule has 0 bridgehead atoms. The van der Waals surface area contributed by atoms with E-state index >= 15 is 0 Å². The Hall–Kier alpha value is -3.28. The van der Waals surface area contributed by atoms with Crippen LogP contribution >= 0.6 is 0 Å². The third-order valence-electron chi connectivity index (χ3n) is 6.85. The molecular weight excluding hydrogens is 495 g/mol. The van der Waals surface area contributed by atoms with Gasteiger partial charge in [-0.25, -0.2) is 4.79 Å². The van der Waals surface area contributed by atoms with Crippen LogP contribution in [0.4, 0.5) is 18.9 Å². The van der Waals surface area contributed by atoms with Crippen molar-refractivity contribution in [2.75, 3.05) is 5.32 Å². The first kappa shape index (κ1) is 30.9. The fourth-order valence-corrected chi connectivity index (χ4v) is 4.94. The molecule has 1 fully saturated rings. The van der Waals surface area contributed by atoms with E-state index in [2.05, 4.69) is 37.5 Å². The van der Waals surface area contributed by atoms with E-state index in [1.165, 1.54) is 19.3 Å². The van der Waals surface area contributed by atoms with Gasteiger partial charge in [0.2, 0.25) is 5.91 Å². The summed E-state index contributed by atoms with van der Waals surface area (Å²) >= 11 is 0. The van der Waals surface area contributed by atoms with Gasteiger partial charge in [-0.05, 0) is 43.7 Å². The molecule has 1 aliphatic rings. The molecule has 1 atom stereocenters. The SMILES string of the molecule is CCCCC1(NC(=O)[C@H](CC(C)C)Nc2ccc(C#N)c3ccccc23)CCCCC1.O=C(O)C(F)(F)F. The van der Waals surface area contributed by atoms with Crippen molar-refractivity contribution in [1.29, 1.82) is 5.26 Å². The summed E-state index contributed by atoms with van der Waals surface area (Å²) in [7, 11) is 0. The van der Waals surface area contributed by atoms with Crippen LogP contribution in [0.3, 0.4) is 0 Å². The van der Waals surface area contributed by atoms with Crippen molar-refractivity contribution in [2.45, 2.75) is 96.3 Å². The van der Waals surface area contributed by atoms with E-state index in [1.807, 2.05) is 36.4 Å². The summed E-state index contributed by atoms with van der Waals surface area (Å²) in [5.74, 6) is -2.25. The molecule has 1 aliphatic carbocycles. The number of hydrogen-bond donors (Lipinski definition) is 3. The highest BCUT2D eigenvalue weighted by molar-refractivity contribution is 5.99. The number of unbranched alkanes of at least 4 members (excludes halogenated alkanes) is 1. The van der Waals surface area contributed by atoms with Crippen LogP contribution in [0.25, 0.3) is 10.8 Å². The highest BCUT2D eigenvalue weighted by Crippen LogP contribution is 2.33. The maximum absolute atomic E-state index is 13.6. The molecule has 2 aromatic carbocycles. The van der Waals surface area contributed by atoms with Crippen LogP contribution in [0.2, 0.25) is 0 Å². The number of anilines is 1. The minimum atomic E-state index is -5.08. The maximum Gasteiger partial charge on any atom is 0.490 e. The van der Waals surface area contributed by atoms with Gasteiger partial charge >= 0.3 is 12.1 Å². The lowest BCUT2D eigenvalue weighted by atomic mass is 9.78. The number of carboxylic acids is 1. The molecule has 0 spiro atoms. The van der Waals surface area contributed by atoms with Gasteiger partial charge in [0.05, 0.1) is 11.6 Å². The van der Waals surface area contributed by atoms with Gasteiger partial charge in [0.1, 0.15) is 6.04 Å². The largest absolute Gasteiger partial charge is 0.490 e. The Bertz CT molecular complexity index is 1120. The van der Waals surface area contributed by atoms with Crippen LogP contribution in [0, 0.1) is 17.2 Å². The van der Waals surface area contributed by atoms with Crippen LogP contribution in [0.1, 0.15) is 84.1 Å². The number of nitriles is 1. The first-order chi connectivity index (χ1) is 17.9. The van der Waals surface area contributed by atoms with Gasteiger partial charge < -0.3 is 15.7 Å². The fraction of sp³-hybridized carbons (Fsp3) is 0.552. The lowest BCUT2D eigenvalue weighted by Gasteiger charge is -2.39. The predicted molar refractivity (Wildman–Crippen MR) is 143 cm³/mol. The summed E-state index contributed by atoms with van der Waals surface area (Å²) in [5, 5.41) is 25.6. The van der Waals surface area contributed by atoms with Crippen LogP contribution in [0.5, 0.6) is 0 Å². The number of aliphatic carboxylic acids is 1. The number of amides is 1. The number of carboxylic acid groups (broad SMARTS) is 1. The number of nitrogens with one attached hydrogen (secondary N) is 2. The number of hydrogen-bond acceptors (Lipinski definition) is 4. The minimum Gasteiger partial charge on any atom is -0.475 e. The van der Waals surface area contributed by atoms with Crippen LogP contribution in [-0.2, 0) is 9.59 Å². The molecule has 3 N–H and O–H groups in total. The van der Waals surface area contributed by atoms with Crippen molar-refractivity contribution >= 4 is 28.3 Å². The number of carbonyl (C=O) groups excluding carboxylic acids is 1. The van der Waals surface area contributed by atoms with E-state index in [4.69, 9.17) is 9.90 Å². The summed E-state index contributed by atoms with van der Waals surface area (Å²) in [5.41, 5.74) is 1.53. The van der Waals surface area contributed by atoms with Crippen molar-refractivity contribution < 1.29 is 27.9 Å². The first-order valence-electron chi connectivity index (χ1n) is 13.2. The molecule has 0 heterocycles. The number of rotatable bonds is 9. The smallest absolute Gasteiger partial charge is 0.475 e. The molecule has 2 aromatic rings. The Morgan fingerprint density at radius 3 is 2.21 bits per heavy atom. The van der Waals surface area contributed by atoms with E-state index < -0.39 is 12.1 Å². The van der Waals surface area contributed by atoms with Gasteiger partial charge in [-0.2, -0.15) is 18.4 Å². The maximum atomic E-state index is 13.6. The number of nitrogens with zero attached hydrogens (tertiary/aromatic N) is 1. The van der Waals surface area contributed by atoms with Crippen molar-refractivity contribution in [3.8, 4) is 6.07 Å². The van der Waals surface area contributed by atoms with Crippen molar-refractivity contribution in [3.63, 3.8) is 0 Å². The summed E-state index contributed by atoms with van der Waals surface area (Å²) in [6, 6.07) is 13.7. The summed E-state index contributed by atoms with van der Waals surface area (Å²) < 4.78 is 31.7. The lowest BCUT2D eigenvalue weighted by Crippen LogP contribution is -2.54. The van der Waals surface area contributed by atoms with Gasteiger partial charge in [-0.1, -0.05) is 77.1 Å². The Morgan fingerprint density at radius 2 is 1.68 bits per heavy atom. The second-order valence-corrected chi connectivity index (χ2v) is 10.4. The van der Waals surface area contributed by atoms with E-state index in [0.717, 1.165) is 55.0 Å². The van der Waals surface area contributed by atoms with Gasteiger partial charge in [-0.3, -0.25) is 4.79 Å². The molecule has 3 rings (SSSR count). The molecule has 0 aromatic heterocycles. The molecule has 1 amide bonds. The summed E-state index contributed by atoms with van der Waals surface area (Å²) in [4.78, 5) is 22.4. The minimum absolute atomic E-state index is 0.0466. The second-order valence-electron chi connectivity index (χ2n) is 10.4. The Labute approximate surface area is 222 Å². The van der Waals surface area contributed by atoms with Crippen molar-refractivity contribution in [3.05, 3.63) is 42.0 Å². The average molecular weight is 534 g/mol. The topological polar surface area (TPSA) is 102 Å². The van der Waals surface area contributed by atoms with Gasteiger partial charge in [0.15, 0.2) is 0 Å². The first-order valence-corrected chi connectivity index (χ1v) is 13.2. The zero-order valence-corrected chi connectivity index (χ0v) is 22.3. The zero-order valence-electron chi connectivity index (χ0n) is 22.3. The molecule has 0 saturated heterocycles. The van der Waals surface area contributed by atoms with Crippen molar-refractivity contribution in [1.82, 2.24) is 5.32 Å². The average Bonchev–Trinajstić information content (AvgIpc) is 2.87. The lowest BCUT2D eigenvalue weighted by molar-refractivity contribution is -0.192. The van der Waals surface area contributed by atoms with Gasteiger partial charge in [0.25, 0.3) is 0 Å². The monoisotopic (exact) mass is 533 g/mol. The Morgan fingerprint density at radius 1 is 1.08 bits per heavy atom. The molecule has 0 aliphatic heterocycles. The summed E-state index contributed by atoms with van der Waals surface area (Å²) in [6.07, 6.45) is 4.92. The number of benzene rings is 2. The molecule has 0 radical (unpaired) electrons. The van der Waals surface area contributed by atoms with E-state index in [0.29, 0.717) is 11.5 Å². The third kappa shape index (κ3) is 8.93. The van der Waals surface area contributed by atoms with Gasteiger partial charge in [-0.15, -0.1) is 0 Å². The highest BCUT2D eigenvalue weighted by Gasteiger charge is 2.38. The number of carbonyl (C=O) groups is 2. The predicted octanol–water partition coefficient (Wildman–Crippen LogP) is 7.18. The number of alkyl halides is 3. The molecule has 38 heavy (non-hydrogen) atoms. The quantitative estimate of drug-likeness (QED) is 0.317. The zero-order chi connectivity index (χ0) is 28.3.